The first-order chi connectivity index (χ1) is 15.5. The molecule has 0 aliphatic carbocycles. The van der Waals surface area contributed by atoms with E-state index in [2.05, 4.69) is 11.8 Å². The molecule has 0 radical (unpaired) electrons. The molecule has 0 saturated carbocycles. The zero-order valence-corrected chi connectivity index (χ0v) is 18.9. The van der Waals surface area contributed by atoms with E-state index in [1.807, 2.05) is 12.1 Å². The average molecular weight is 437 g/mol. The summed E-state index contributed by atoms with van der Waals surface area (Å²) >= 11 is 0. The van der Waals surface area contributed by atoms with Crippen LogP contribution in [0.15, 0.2) is 48.2 Å². The van der Waals surface area contributed by atoms with Crippen LogP contribution >= 0.6 is 0 Å². The number of carbonyl (C=O) groups is 2. The summed E-state index contributed by atoms with van der Waals surface area (Å²) < 4.78 is 16.0. The highest BCUT2D eigenvalue weighted by atomic mass is 16.5. The van der Waals surface area contributed by atoms with E-state index in [0.717, 1.165) is 25.9 Å². The lowest BCUT2D eigenvalue weighted by Gasteiger charge is -2.33. The third-order valence-corrected chi connectivity index (χ3v) is 6.04. The van der Waals surface area contributed by atoms with Crippen LogP contribution in [0.2, 0.25) is 0 Å². The highest BCUT2D eigenvalue weighted by Crippen LogP contribution is 2.41. The zero-order chi connectivity index (χ0) is 22.8. The number of hydrogen-bond acceptors (Lipinski definition) is 6. The Hall–Kier alpha value is -3.48. The topological polar surface area (TPSA) is 68.3 Å². The van der Waals surface area contributed by atoms with Crippen LogP contribution < -0.4 is 19.1 Å². The van der Waals surface area contributed by atoms with Gasteiger partial charge in [-0.05, 0) is 48.6 Å². The van der Waals surface area contributed by atoms with E-state index in [1.54, 1.807) is 44.6 Å². The number of ether oxygens (including phenoxy) is 3. The maximum Gasteiger partial charge on any atom is 0.282 e. The predicted molar refractivity (Wildman–Crippen MR) is 122 cm³/mol. The van der Waals surface area contributed by atoms with E-state index in [4.69, 9.17) is 14.2 Å². The number of imide groups is 1. The summed E-state index contributed by atoms with van der Waals surface area (Å²) in [4.78, 5) is 30.8. The molecule has 4 rings (SSSR count). The van der Waals surface area contributed by atoms with Crippen molar-refractivity contribution in [2.24, 2.45) is 5.92 Å². The van der Waals surface area contributed by atoms with Crippen molar-refractivity contribution < 1.29 is 23.8 Å². The average Bonchev–Trinajstić information content (AvgIpc) is 3.08. The molecule has 1 fully saturated rings. The summed E-state index contributed by atoms with van der Waals surface area (Å²) in [6, 6.07) is 12.3. The Kier molecular flexibility index (Phi) is 6.08. The van der Waals surface area contributed by atoms with Gasteiger partial charge in [-0.15, -0.1) is 0 Å². The van der Waals surface area contributed by atoms with Crippen LogP contribution in [0, 0.1) is 5.92 Å². The van der Waals surface area contributed by atoms with E-state index in [1.165, 1.54) is 12.0 Å². The van der Waals surface area contributed by atoms with Crippen molar-refractivity contribution in [2.45, 2.75) is 19.8 Å². The second kappa shape index (κ2) is 8.94. The second-order valence-corrected chi connectivity index (χ2v) is 8.13. The van der Waals surface area contributed by atoms with Gasteiger partial charge in [-0.25, -0.2) is 4.90 Å². The monoisotopic (exact) mass is 436 g/mol. The van der Waals surface area contributed by atoms with Gasteiger partial charge in [-0.3, -0.25) is 9.59 Å². The van der Waals surface area contributed by atoms with Crippen molar-refractivity contribution in [3.63, 3.8) is 0 Å². The maximum atomic E-state index is 13.7. The van der Waals surface area contributed by atoms with Gasteiger partial charge >= 0.3 is 0 Å². The molecule has 2 heterocycles. The summed E-state index contributed by atoms with van der Waals surface area (Å²) in [6.45, 7) is 3.65. The van der Waals surface area contributed by atoms with Crippen LogP contribution in [0.4, 0.5) is 5.69 Å². The molecule has 7 nitrogen and oxygen atoms in total. The largest absolute Gasteiger partial charge is 0.497 e. The van der Waals surface area contributed by atoms with Gasteiger partial charge in [0.25, 0.3) is 11.8 Å². The van der Waals surface area contributed by atoms with E-state index in [0.29, 0.717) is 45.7 Å². The molecule has 2 aliphatic heterocycles. The summed E-state index contributed by atoms with van der Waals surface area (Å²) in [5, 5.41) is 0. The van der Waals surface area contributed by atoms with Gasteiger partial charge in [0.15, 0.2) is 0 Å². The number of anilines is 1. The number of benzene rings is 2. The highest BCUT2D eigenvalue weighted by Gasteiger charge is 2.44. The van der Waals surface area contributed by atoms with Crippen molar-refractivity contribution in [3.8, 4) is 17.2 Å². The second-order valence-electron chi connectivity index (χ2n) is 8.13. The Morgan fingerprint density at radius 3 is 2.19 bits per heavy atom. The Morgan fingerprint density at radius 1 is 0.875 bits per heavy atom. The van der Waals surface area contributed by atoms with Gasteiger partial charge < -0.3 is 19.1 Å². The number of amides is 2. The molecule has 2 amide bonds. The van der Waals surface area contributed by atoms with Crippen LogP contribution in [0.5, 0.6) is 17.2 Å². The minimum Gasteiger partial charge on any atom is -0.497 e. The Labute approximate surface area is 188 Å². The van der Waals surface area contributed by atoms with Crippen LogP contribution in [0.1, 0.15) is 25.3 Å². The molecule has 0 spiro atoms. The zero-order valence-electron chi connectivity index (χ0n) is 18.9. The van der Waals surface area contributed by atoms with Crippen LogP contribution in [-0.4, -0.2) is 51.1 Å². The normalized spacial score (nSPS) is 18.9. The lowest BCUT2D eigenvalue weighted by atomic mass is 9.98. The fourth-order valence-electron chi connectivity index (χ4n) is 4.41. The van der Waals surface area contributed by atoms with Gasteiger partial charge in [0.1, 0.15) is 22.9 Å². The molecule has 1 saturated heterocycles. The minimum absolute atomic E-state index is 0.335. The third-order valence-electron chi connectivity index (χ3n) is 6.04. The number of carbonyl (C=O) groups excluding carboxylic acids is 2. The van der Waals surface area contributed by atoms with Crippen LogP contribution in [0.25, 0.3) is 5.57 Å². The predicted octanol–water partition coefficient (Wildman–Crippen LogP) is 3.73. The number of hydrogen-bond donors (Lipinski definition) is 0. The highest BCUT2D eigenvalue weighted by molar-refractivity contribution is 6.45. The van der Waals surface area contributed by atoms with Crippen LogP contribution in [-0.2, 0) is 9.59 Å². The molecule has 0 N–H and O–H groups in total. The quantitative estimate of drug-likeness (QED) is 0.643. The van der Waals surface area contributed by atoms with Crippen molar-refractivity contribution in [1.82, 2.24) is 4.90 Å². The summed E-state index contributed by atoms with van der Waals surface area (Å²) in [7, 11) is 4.66. The molecule has 2 aromatic rings. The molecule has 2 aliphatic rings. The number of piperidine rings is 1. The van der Waals surface area contributed by atoms with Gasteiger partial charge in [-0.2, -0.15) is 0 Å². The van der Waals surface area contributed by atoms with E-state index < -0.39 is 0 Å². The number of methoxy groups -OCH3 is 3. The summed E-state index contributed by atoms with van der Waals surface area (Å²) in [5.41, 5.74) is 1.94. The number of likely N-dealkylation sites (tertiary alicyclic amines) is 1. The maximum absolute atomic E-state index is 13.7. The van der Waals surface area contributed by atoms with Gasteiger partial charge in [0, 0.05) is 19.2 Å². The fraction of sp³-hybridized carbons (Fsp3) is 0.360. The smallest absolute Gasteiger partial charge is 0.282 e. The summed E-state index contributed by atoms with van der Waals surface area (Å²) in [5.74, 6) is 1.41. The Bertz CT molecular complexity index is 1060. The molecule has 0 bridgehead atoms. The first-order valence-corrected chi connectivity index (χ1v) is 10.7. The first-order valence-electron chi connectivity index (χ1n) is 10.7. The van der Waals surface area contributed by atoms with Gasteiger partial charge in [-0.1, -0.05) is 19.1 Å². The lowest BCUT2D eigenvalue weighted by molar-refractivity contribution is -0.120. The van der Waals surface area contributed by atoms with Crippen molar-refractivity contribution >= 4 is 23.1 Å². The molecule has 1 atom stereocenters. The SMILES string of the molecule is COc1ccc(C2=C(N3CCCC(C)C3)C(=O)N(c3ccc(OC)cc3OC)C2=O)cc1. The fourth-order valence-corrected chi connectivity index (χ4v) is 4.41. The van der Waals surface area contributed by atoms with Gasteiger partial charge in [0.05, 0.1) is 32.6 Å². The Balaban J connectivity index is 1.83. The first kappa shape index (κ1) is 21.7. The Morgan fingerprint density at radius 2 is 1.56 bits per heavy atom. The molecular weight excluding hydrogens is 408 g/mol. The third kappa shape index (κ3) is 3.79. The number of rotatable bonds is 6. The molecule has 168 valence electrons. The van der Waals surface area contributed by atoms with Crippen LogP contribution in [0.3, 0.4) is 0 Å². The molecular formula is C25H28N2O5. The number of nitrogens with zero attached hydrogens (tertiary/aromatic N) is 2. The molecule has 32 heavy (non-hydrogen) atoms. The summed E-state index contributed by atoms with van der Waals surface area (Å²) in [6.07, 6.45) is 2.09. The molecule has 2 aromatic carbocycles. The van der Waals surface area contributed by atoms with Crippen molar-refractivity contribution in [2.75, 3.05) is 39.3 Å². The standard InChI is InChI=1S/C25H28N2O5/c1-16-6-5-13-26(15-16)23-22(17-7-9-18(30-2)10-8-17)24(28)27(25(23)29)20-12-11-19(31-3)14-21(20)32-4/h7-12,14,16H,5-6,13,15H2,1-4H3. The van der Waals surface area contributed by atoms with E-state index in [-0.39, 0.29) is 11.8 Å². The molecule has 0 aromatic heterocycles. The van der Waals surface area contributed by atoms with E-state index >= 15 is 0 Å². The van der Waals surface area contributed by atoms with E-state index in [9.17, 15) is 9.59 Å². The lowest BCUT2D eigenvalue weighted by Crippen LogP contribution is -2.39. The van der Waals surface area contributed by atoms with Crippen molar-refractivity contribution in [3.05, 3.63) is 53.7 Å². The van der Waals surface area contributed by atoms with Gasteiger partial charge in [0.2, 0.25) is 0 Å². The minimum atomic E-state index is -0.364. The molecule has 1 unspecified atom stereocenters. The van der Waals surface area contributed by atoms with Crippen molar-refractivity contribution in [1.29, 1.82) is 0 Å². The molecule has 7 heteroatoms.